The first-order valence-electron chi connectivity index (χ1n) is 3.60. The molecule has 0 atom stereocenters. The molecule has 0 amide bonds. The second-order valence-corrected chi connectivity index (χ2v) is 4.28. The molecule has 0 aliphatic carbocycles. The van der Waals surface area contributed by atoms with Gasteiger partial charge in [-0.05, 0) is 19.2 Å². The van der Waals surface area contributed by atoms with Crippen molar-refractivity contribution in [3.05, 3.63) is 24.0 Å². The fraction of sp³-hybridized carbons (Fsp3) is 0.143. The predicted octanol–water partition coefficient (Wildman–Crippen LogP) is -0.312. The number of carbonyl (C=O) groups is 1. The lowest BCUT2D eigenvalue weighted by molar-refractivity contribution is 0.0690. The van der Waals surface area contributed by atoms with E-state index in [4.69, 9.17) is 5.11 Å². The first-order chi connectivity index (χ1) is 6.47. The van der Waals surface area contributed by atoms with Gasteiger partial charge in [0.2, 0.25) is 10.0 Å². The molecule has 76 valence electrons. The van der Waals surface area contributed by atoms with E-state index in [0.717, 1.165) is 12.3 Å². The van der Waals surface area contributed by atoms with Crippen LogP contribution < -0.4 is 4.72 Å². The van der Waals surface area contributed by atoms with Gasteiger partial charge < -0.3 is 5.11 Å². The van der Waals surface area contributed by atoms with Crippen LogP contribution in [0.5, 0.6) is 0 Å². The molecule has 6 nitrogen and oxygen atoms in total. The smallest absolute Gasteiger partial charge is 0.354 e. The van der Waals surface area contributed by atoms with Crippen LogP contribution in [0.4, 0.5) is 0 Å². The minimum atomic E-state index is -3.55. The number of aromatic nitrogens is 1. The van der Waals surface area contributed by atoms with Crippen LogP contribution in [0, 0.1) is 0 Å². The molecule has 0 unspecified atom stereocenters. The van der Waals surface area contributed by atoms with Crippen LogP contribution in [0.25, 0.3) is 0 Å². The van der Waals surface area contributed by atoms with Crippen molar-refractivity contribution < 1.29 is 18.3 Å². The van der Waals surface area contributed by atoms with Gasteiger partial charge in [0.25, 0.3) is 0 Å². The molecule has 1 rings (SSSR count). The summed E-state index contributed by atoms with van der Waals surface area (Å²) in [6, 6.07) is 2.31. The van der Waals surface area contributed by atoms with Crippen LogP contribution >= 0.6 is 0 Å². The fourth-order valence-electron chi connectivity index (χ4n) is 0.784. The quantitative estimate of drug-likeness (QED) is 0.722. The zero-order valence-corrected chi connectivity index (χ0v) is 8.08. The highest BCUT2D eigenvalue weighted by Crippen LogP contribution is 2.06. The van der Waals surface area contributed by atoms with Crippen molar-refractivity contribution in [3.8, 4) is 0 Å². The lowest BCUT2D eigenvalue weighted by atomic mass is 10.4. The van der Waals surface area contributed by atoms with E-state index in [-0.39, 0.29) is 10.6 Å². The molecular weight excluding hydrogens is 208 g/mol. The van der Waals surface area contributed by atoms with Crippen molar-refractivity contribution in [1.82, 2.24) is 9.71 Å². The van der Waals surface area contributed by atoms with Crippen LogP contribution in [0.1, 0.15) is 10.5 Å². The van der Waals surface area contributed by atoms with E-state index >= 15 is 0 Å². The Bertz CT molecular complexity index is 437. The van der Waals surface area contributed by atoms with Gasteiger partial charge in [0.05, 0.1) is 0 Å². The Labute approximate surface area is 80.6 Å². The minimum Gasteiger partial charge on any atom is -0.477 e. The van der Waals surface area contributed by atoms with Gasteiger partial charge in [0.15, 0.2) is 0 Å². The largest absolute Gasteiger partial charge is 0.477 e. The van der Waals surface area contributed by atoms with Crippen LogP contribution in [-0.2, 0) is 10.0 Å². The Morgan fingerprint density at radius 1 is 1.50 bits per heavy atom. The van der Waals surface area contributed by atoms with Gasteiger partial charge in [-0.25, -0.2) is 22.9 Å². The van der Waals surface area contributed by atoms with Crippen LogP contribution in [-0.4, -0.2) is 31.5 Å². The van der Waals surface area contributed by atoms with Crippen molar-refractivity contribution in [2.24, 2.45) is 0 Å². The van der Waals surface area contributed by atoms with Gasteiger partial charge in [-0.15, -0.1) is 0 Å². The lowest BCUT2D eigenvalue weighted by Crippen LogP contribution is -2.19. The molecule has 0 spiro atoms. The van der Waals surface area contributed by atoms with E-state index in [1.165, 1.54) is 13.1 Å². The molecule has 1 aromatic rings. The van der Waals surface area contributed by atoms with Gasteiger partial charge in [0.1, 0.15) is 10.6 Å². The third-order valence-corrected chi connectivity index (χ3v) is 2.93. The molecule has 0 saturated carbocycles. The number of sulfonamides is 1. The standard InChI is InChI=1S/C7H8N2O4S/c1-8-14(12,13)5-2-3-6(7(10)11)9-4-5/h2-4,8H,1H3,(H,10,11). The van der Waals surface area contributed by atoms with E-state index < -0.39 is 16.0 Å². The first-order valence-corrected chi connectivity index (χ1v) is 5.08. The summed E-state index contributed by atoms with van der Waals surface area (Å²) >= 11 is 0. The summed E-state index contributed by atoms with van der Waals surface area (Å²) < 4.78 is 24.5. The van der Waals surface area contributed by atoms with E-state index in [1.807, 2.05) is 0 Å². The second kappa shape index (κ2) is 3.72. The predicted molar refractivity (Wildman–Crippen MR) is 47.4 cm³/mol. The SMILES string of the molecule is CNS(=O)(=O)c1ccc(C(=O)O)nc1. The zero-order valence-electron chi connectivity index (χ0n) is 7.26. The van der Waals surface area contributed by atoms with Crippen molar-refractivity contribution in [3.63, 3.8) is 0 Å². The summed E-state index contributed by atoms with van der Waals surface area (Å²) in [5.41, 5.74) is -0.194. The molecule has 0 saturated heterocycles. The zero-order chi connectivity index (χ0) is 10.8. The van der Waals surface area contributed by atoms with Crippen molar-refractivity contribution in [2.75, 3.05) is 7.05 Å². The molecule has 7 heteroatoms. The number of rotatable bonds is 3. The topological polar surface area (TPSA) is 96.4 Å². The highest BCUT2D eigenvalue weighted by molar-refractivity contribution is 7.89. The number of hydrogen-bond donors (Lipinski definition) is 2. The van der Waals surface area contributed by atoms with Gasteiger partial charge in [-0.3, -0.25) is 0 Å². The van der Waals surface area contributed by atoms with Crippen molar-refractivity contribution in [1.29, 1.82) is 0 Å². The van der Waals surface area contributed by atoms with Gasteiger partial charge >= 0.3 is 5.97 Å². The van der Waals surface area contributed by atoms with Gasteiger partial charge in [-0.2, -0.15) is 0 Å². The maximum absolute atomic E-state index is 11.2. The maximum Gasteiger partial charge on any atom is 0.354 e. The van der Waals surface area contributed by atoms with Gasteiger partial charge in [0, 0.05) is 6.20 Å². The highest BCUT2D eigenvalue weighted by Gasteiger charge is 2.12. The monoisotopic (exact) mass is 216 g/mol. The Morgan fingerprint density at radius 3 is 2.50 bits per heavy atom. The summed E-state index contributed by atoms with van der Waals surface area (Å²) in [6.07, 6.45) is 0.995. The number of aromatic carboxylic acids is 1. The lowest BCUT2D eigenvalue weighted by Gasteiger charge is -2.01. The molecule has 0 aliphatic heterocycles. The van der Waals surface area contributed by atoms with Crippen molar-refractivity contribution >= 4 is 16.0 Å². The first kappa shape index (κ1) is 10.6. The van der Waals surface area contributed by atoms with E-state index in [0.29, 0.717) is 0 Å². The van der Waals surface area contributed by atoms with E-state index in [1.54, 1.807) is 0 Å². The van der Waals surface area contributed by atoms with E-state index in [2.05, 4.69) is 9.71 Å². The minimum absolute atomic E-state index is 0.0648. The summed E-state index contributed by atoms with van der Waals surface area (Å²) in [6.45, 7) is 0. The number of carboxylic acids is 1. The number of nitrogens with one attached hydrogen (secondary N) is 1. The normalized spacial score (nSPS) is 11.2. The van der Waals surface area contributed by atoms with Crippen LogP contribution in [0.15, 0.2) is 23.2 Å². The molecule has 0 radical (unpaired) electrons. The molecule has 0 aromatic carbocycles. The maximum atomic E-state index is 11.2. The molecular formula is C7H8N2O4S. The summed E-state index contributed by atoms with van der Waals surface area (Å²) in [7, 11) is -2.28. The average Bonchev–Trinajstić information content (AvgIpc) is 2.18. The molecule has 2 N–H and O–H groups in total. The Hall–Kier alpha value is -1.47. The number of carboxylic acid groups (broad SMARTS) is 1. The molecule has 1 heterocycles. The Balaban J connectivity index is 3.12. The summed E-state index contributed by atoms with van der Waals surface area (Å²) in [5, 5.41) is 8.51. The number of hydrogen-bond acceptors (Lipinski definition) is 4. The Morgan fingerprint density at radius 2 is 2.14 bits per heavy atom. The number of pyridine rings is 1. The van der Waals surface area contributed by atoms with Gasteiger partial charge in [-0.1, -0.05) is 0 Å². The third kappa shape index (κ3) is 2.06. The fourth-order valence-corrected chi connectivity index (χ4v) is 1.46. The van der Waals surface area contributed by atoms with Crippen LogP contribution in [0.2, 0.25) is 0 Å². The van der Waals surface area contributed by atoms with E-state index in [9.17, 15) is 13.2 Å². The highest BCUT2D eigenvalue weighted by atomic mass is 32.2. The molecule has 1 aromatic heterocycles. The molecule has 0 bridgehead atoms. The third-order valence-electron chi connectivity index (χ3n) is 1.53. The van der Waals surface area contributed by atoms with Crippen molar-refractivity contribution in [2.45, 2.75) is 4.90 Å². The average molecular weight is 216 g/mol. The van der Waals surface area contributed by atoms with Crippen LogP contribution in [0.3, 0.4) is 0 Å². The molecule has 14 heavy (non-hydrogen) atoms. The Kier molecular flexibility index (Phi) is 2.82. The summed E-state index contributed by atoms with van der Waals surface area (Å²) in [5.74, 6) is -1.20. The molecule has 0 aliphatic rings. The number of nitrogens with zero attached hydrogens (tertiary/aromatic N) is 1. The summed E-state index contributed by atoms with van der Waals surface area (Å²) in [4.78, 5) is 13.8. The molecule has 0 fully saturated rings. The second-order valence-electron chi connectivity index (χ2n) is 2.39.